The third kappa shape index (κ3) is 3.40. The van der Waals surface area contributed by atoms with E-state index < -0.39 is 0 Å². The summed E-state index contributed by atoms with van der Waals surface area (Å²) in [6, 6.07) is 16.5. The normalized spacial score (nSPS) is 16.1. The number of ether oxygens (including phenoxy) is 2. The second kappa shape index (κ2) is 7.04. The van der Waals surface area contributed by atoms with Crippen molar-refractivity contribution in [3.05, 3.63) is 71.3 Å². The SMILES string of the molecule is c1ccc(Cc2nc3n(n2)CCN(Cc2cccc4c2OCO4)CC3)cc1. The summed E-state index contributed by atoms with van der Waals surface area (Å²) in [6.45, 7) is 3.95. The minimum absolute atomic E-state index is 0.315. The minimum Gasteiger partial charge on any atom is -0.454 e. The molecule has 0 radical (unpaired) electrons. The molecule has 27 heavy (non-hydrogen) atoms. The minimum atomic E-state index is 0.315. The van der Waals surface area contributed by atoms with Crippen LogP contribution in [-0.4, -0.2) is 39.5 Å². The highest BCUT2D eigenvalue weighted by molar-refractivity contribution is 5.48. The van der Waals surface area contributed by atoms with Gasteiger partial charge in [-0.15, -0.1) is 0 Å². The van der Waals surface area contributed by atoms with Gasteiger partial charge in [-0.2, -0.15) is 5.10 Å². The van der Waals surface area contributed by atoms with Crippen LogP contribution < -0.4 is 9.47 Å². The molecule has 0 saturated heterocycles. The summed E-state index contributed by atoms with van der Waals surface area (Å²) >= 11 is 0. The van der Waals surface area contributed by atoms with Crippen molar-refractivity contribution in [1.29, 1.82) is 0 Å². The van der Waals surface area contributed by atoms with E-state index in [1.54, 1.807) is 0 Å². The van der Waals surface area contributed by atoms with Gasteiger partial charge in [0.05, 0.1) is 6.54 Å². The second-order valence-electron chi connectivity index (χ2n) is 7.01. The Morgan fingerprint density at radius 1 is 0.926 bits per heavy atom. The van der Waals surface area contributed by atoms with Gasteiger partial charge in [0.1, 0.15) is 5.82 Å². The summed E-state index contributed by atoms with van der Waals surface area (Å²) in [6.07, 6.45) is 1.70. The highest BCUT2D eigenvalue weighted by Crippen LogP contribution is 2.36. The number of rotatable bonds is 4. The summed E-state index contributed by atoms with van der Waals surface area (Å²) in [4.78, 5) is 7.22. The van der Waals surface area contributed by atoms with Gasteiger partial charge >= 0.3 is 0 Å². The average molecular weight is 362 g/mol. The Morgan fingerprint density at radius 3 is 2.78 bits per heavy atom. The first-order chi connectivity index (χ1) is 13.3. The highest BCUT2D eigenvalue weighted by atomic mass is 16.7. The molecule has 2 aliphatic rings. The summed E-state index contributed by atoms with van der Waals surface area (Å²) in [5, 5.41) is 4.74. The number of hydrogen-bond acceptors (Lipinski definition) is 5. The predicted octanol–water partition coefficient (Wildman–Crippen LogP) is 2.66. The molecule has 1 aromatic heterocycles. The van der Waals surface area contributed by atoms with E-state index >= 15 is 0 Å². The molecule has 0 bridgehead atoms. The molecule has 3 aromatic rings. The zero-order chi connectivity index (χ0) is 18.1. The predicted molar refractivity (Wildman–Crippen MR) is 101 cm³/mol. The molecule has 6 nitrogen and oxygen atoms in total. The first-order valence-corrected chi connectivity index (χ1v) is 9.41. The largest absolute Gasteiger partial charge is 0.454 e. The molecule has 0 N–H and O–H groups in total. The molecule has 0 spiro atoms. The monoisotopic (exact) mass is 362 g/mol. The van der Waals surface area contributed by atoms with Crippen LogP contribution >= 0.6 is 0 Å². The Hall–Kier alpha value is -2.86. The van der Waals surface area contributed by atoms with E-state index in [2.05, 4.69) is 39.9 Å². The first-order valence-electron chi connectivity index (χ1n) is 9.41. The third-order valence-electron chi connectivity index (χ3n) is 5.15. The Morgan fingerprint density at radius 2 is 1.85 bits per heavy atom. The van der Waals surface area contributed by atoms with Crippen molar-refractivity contribution in [2.24, 2.45) is 0 Å². The summed E-state index contributed by atoms with van der Waals surface area (Å²) in [5.74, 6) is 3.74. The van der Waals surface area contributed by atoms with Gasteiger partial charge in [-0.1, -0.05) is 42.5 Å². The maximum atomic E-state index is 5.64. The van der Waals surface area contributed by atoms with E-state index in [1.165, 1.54) is 11.1 Å². The van der Waals surface area contributed by atoms with Crippen molar-refractivity contribution in [3.8, 4) is 11.5 Å². The lowest BCUT2D eigenvalue weighted by atomic mass is 10.1. The molecule has 3 heterocycles. The molecular weight excluding hydrogens is 340 g/mol. The molecular formula is C21H22N4O2. The Bertz CT molecular complexity index is 913. The van der Waals surface area contributed by atoms with Crippen LogP contribution in [0.1, 0.15) is 22.8 Å². The molecule has 0 atom stereocenters. The Balaban J connectivity index is 1.26. The van der Waals surface area contributed by atoms with E-state index in [-0.39, 0.29) is 0 Å². The lowest BCUT2D eigenvalue weighted by molar-refractivity contribution is 0.171. The van der Waals surface area contributed by atoms with Crippen LogP contribution in [0.2, 0.25) is 0 Å². The van der Waals surface area contributed by atoms with Crippen molar-refractivity contribution in [1.82, 2.24) is 19.7 Å². The quantitative estimate of drug-likeness (QED) is 0.714. The average Bonchev–Trinajstić information content (AvgIpc) is 3.28. The second-order valence-corrected chi connectivity index (χ2v) is 7.01. The maximum absolute atomic E-state index is 5.64. The molecule has 0 fully saturated rings. The van der Waals surface area contributed by atoms with Gasteiger partial charge < -0.3 is 9.47 Å². The lowest BCUT2D eigenvalue weighted by Gasteiger charge is -2.20. The molecule has 0 saturated carbocycles. The number of hydrogen-bond donors (Lipinski definition) is 0. The molecule has 6 heteroatoms. The van der Waals surface area contributed by atoms with Crippen molar-refractivity contribution in [3.63, 3.8) is 0 Å². The van der Waals surface area contributed by atoms with Gasteiger partial charge in [-0.05, 0) is 11.6 Å². The van der Waals surface area contributed by atoms with Crippen molar-refractivity contribution in [2.45, 2.75) is 25.9 Å². The molecule has 0 unspecified atom stereocenters. The molecule has 0 aliphatic carbocycles. The van der Waals surface area contributed by atoms with E-state index in [1.807, 2.05) is 18.2 Å². The van der Waals surface area contributed by atoms with Crippen LogP contribution in [0.15, 0.2) is 48.5 Å². The first kappa shape index (κ1) is 16.3. The zero-order valence-corrected chi connectivity index (χ0v) is 15.2. The van der Waals surface area contributed by atoms with Crippen molar-refractivity contribution >= 4 is 0 Å². The van der Waals surface area contributed by atoms with E-state index in [0.717, 1.165) is 62.2 Å². The van der Waals surface area contributed by atoms with Crippen LogP contribution in [0.4, 0.5) is 0 Å². The van der Waals surface area contributed by atoms with Crippen molar-refractivity contribution in [2.75, 3.05) is 19.9 Å². The van der Waals surface area contributed by atoms with Gasteiger partial charge in [0.15, 0.2) is 17.3 Å². The zero-order valence-electron chi connectivity index (χ0n) is 15.2. The fourth-order valence-electron chi connectivity index (χ4n) is 3.76. The number of nitrogens with zero attached hydrogens (tertiary/aromatic N) is 4. The fraction of sp³-hybridized carbons (Fsp3) is 0.333. The van der Waals surface area contributed by atoms with Gasteiger partial charge in [0.2, 0.25) is 6.79 Å². The van der Waals surface area contributed by atoms with Crippen LogP contribution in [-0.2, 0) is 25.9 Å². The molecule has 5 rings (SSSR count). The van der Waals surface area contributed by atoms with Gasteiger partial charge in [-0.3, -0.25) is 4.90 Å². The Kier molecular flexibility index (Phi) is 4.26. The topological polar surface area (TPSA) is 52.4 Å². The van der Waals surface area contributed by atoms with Crippen LogP contribution in [0.25, 0.3) is 0 Å². The van der Waals surface area contributed by atoms with Gasteiger partial charge in [0.25, 0.3) is 0 Å². The fourth-order valence-corrected chi connectivity index (χ4v) is 3.76. The number of benzene rings is 2. The summed E-state index contributed by atoms with van der Waals surface area (Å²) < 4.78 is 13.2. The lowest BCUT2D eigenvalue weighted by Crippen LogP contribution is -2.26. The van der Waals surface area contributed by atoms with Crippen molar-refractivity contribution < 1.29 is 9.47 Å². The van der Waals surface area contributed by atoms with E-state index in [9.17, 15) is 0 Å². The number of aromatic nitrogens is 3. The highest BCUT2D eigenvalue weighted by Gasteiger charge is 2.21. The molecule has 138 valence electrons. The van der Waals surface area contributed by atoms with Gasteiger partial charge in [-0.25, -0.2) is 9.67 Å². The molecule has 2 aliphatic heterocycles. The van der Waals surface area contributed by atoms with E-state index in [4.69, 9.17) is 19.6 Å². The Labute approximate surface area is 158 Å². The molecule has 2 aromatic carbocycles. The van der Waals surface area contributed by atoms with Crippen LogP contribution in [0.3, 0.4) is 0 Å². The van der Waals surface area contributed by atoms with E-state index in [0.29, 0.717) is 6.79 Å². The van der Waals surface area contributed by atoms with Crippen LogP contribution in [0.5, 0.6) is 11.5 Å². The standard InChI is InChI=1S/C21H22N4O2/c1-2-5-16(6-3-1)13-19-22-20-9-10-24(11-12-25(20)23-19)14-17-7-4-8-18-21(17)27-15-26-18/h1-8H,9-15H2. The smallest absolute Gasteiger partial charge is 0.231 e. The third-order valence-corrected chi connectivity index (χ3v) is 5.15. The maximum Gasteiger partial charge on any atom is 0.231 e. The summed E-state index contributed by atoms with van der Waals surface area (Å²) in [5.41, 5.74) is 2.43. The molecule has 0 amide bonds. The summed E-state index contributed by atoms with van der Waals surface area (Å²) in [7, 11) is 0. The van der Waals surface area contributed by atoms with Gasteiger partial charge in [0, 0.05) is 38.0 Å². The van der Waals surface area contributed by atoms with Crippen LogP contribution in [0, 0.1) is 0 Å². The number of para-hydroxylation sites is 1. The number of fused-ring (bicyclic) bond motifs is 2.